The molecule has 2 rings (SSSR count). The normalized spacial score (nSPS) is 18.3. The van der Waals surface area contributed by atoms with Crippen molar-refractivity contribution >= 4 is 11.8 Å². The summed E-state index contributed by atoms with van der Waals surface area (Å²) in [5.74, 6) is 1.66. The Balaban J connectivity index is 1.83. The van der Waals surface area contributed by atoms with Gasteiger partial charge in [-0.3, -0.25) is 0 Å². The second-order valence-electron chi connectivity index (χ2n) is 5.95. The molecule has 0 aliphatic heterocycles. The molecular weight excluding hydrogens is 256 g/mol. The fourth-order valence-electron chi connectivity index (χ4n) is 2.80. The van der Waals surface area contributed by atoms with Gasteiger partial charge in [-0.1, -0.05) is 26.7 Å². The summed E-state index contributed by atoms with van der Waals surface area (Å²) in [4.78, 5) is 4.36. The predicted octanol–water partition coefficient (Wildman–Crippen LogP) is 2.70. The van der Waals surface area contributed by atoms with Crippen LogP contribution >= 0.6 is 11.8 Å². The molecule has 0 spiro atoms. The Morgan fingerprint density at radius 1 is 1.42 bits per heavy atom. The van der Waals surface area contributed by atoms with Gasteiger partial charge in [-0.05, 0) is 25.0 Å². The summed E-state index contributed by atoms with van der Waals surface area (Å²) in [6, 6.07) is 0. The fraction of sp³-hybridized carbons (Fsp3) is 0.857. The fourth-order valence-corrected chi connectivity index (χ4v) is 3.74. The lowest BCUT2D eigenvalue weighted by Gasteiger charge is -2.27. The average molecular weight is 282 g/mol. The first kappa shape index (κ1) is 14.9. The van der Waals surface area contributed by atoms with Gasteiger partial charge in [0.25, 0.3) is 0 Å². The summed E-state index contributed by atoms with van der Waals surface area (Å²) < 4.78 is 2.49. The smallest absolute Gasteiger partial charge is 0.140 e. The number of nitrogens with one attached hydrogen (secondary N) is 1. The van der Waals surface area contributed by atoms with Gasteiger partial charge >= 0.3 is 0 Å². The molecule has 0 aromatic carbocycles. The lowest BCUT2D eigenvalue weighted by Crippen LogP contribution is -2.35. The van der Waals surface area contributed by atoms with Gasteiger partial charge in [0.2, 0.25) is 0 Å². The van der Waals surface area contributed by atoms with Crippen LogP contribution in [0.2, 0.25) is 0 Å². The van der Waals surface area contributed by atoms with Gasteiger partial charge in [0.05, 0.1) is 6.54 Å². The molecule has 1 heterocycles. The van der Waals surface area contributed by atoms with Gasteiger partial charge in [-0.2, -0.15) is 16.9 Å². The molecule has 0 amide bonds. The Hall–Kier alpha value is -0.550. The van der Waals surface area contributed by atoms with Gasteiger partial charge in [0, 0.05) is 17.8 Å². The molecule has 1 fully saturated rings. The number of thioether (sulfide) groups is 1. The van der Waals surface area contributed by atoms with Crippen molar-refractivity contribution in [3.63, 3.8) is 0 Å². The number of nitrogens with zero attached hydrogens (tertiary/aromatic N) is 3. The van der Waals surface area contributed by atoms with Crippen molar-refractivity contribution in [2.45, 2.75) is 57.4 Å². The van der Waals surface area contributed by atoms with Gasteiger partial charge in [-0.25, -0.2) is 9.67 Å². The first-order chi connectivity index (χ1) is 9.15. The summed E-state index contributed by atoms with van der Waals surface area (Å²) in [5.41, 5.74) is 0. The molecule has 19 heavy (non-hydrogen) atoms. The highest BCUT2D eigenvalue weighted by molar-refractivity contribution is 8.00. The van der Waals surface area contributed by atoms with E-state index < -0.39 is 0 Å². The molecule has 0 radical (unpaired) electrons. The van der Waals surface area contributed by atoms with Crippen molar-refractivity contribution in [2.75, 3.05) is 12.8 Å². The van der Waals surface area contributed by atoms with Crippen LogP contribution in [-0.4, -0.2) is 32.3 Å². The highest BCUT2D eigenvalue weighted by Crippen LogP contribution is 2.39. The average Bonchev–Trinajstić information content (AvgIpc) is 3.00. The van der Waals surface area contributed by atoms with Crippen LogP contribution < -0.4 is 5.32 Å². The molecule has 0 unspecified atom stereocenters. The summed E-state index contributed by atoms with van der Waals surface area (Å²) in [6.07, 6.45) is 9.37. The predicted molar refractivity (Wildman–Crippen MR) is 81.3 cm³/mol. The van der Waals surface area contributed by atoms with E-state index in [-0.39, 0.29) is 0 Å². The Bertz CT molecular complexity index is 383. The molecule has 1 aromatic rings. The molecule has 0 atom stereocenters. The van der Waals surface area contributed by atoms with Crippen LogP contribution in [0.4, 0.5) is 0 Å². The molecule has 1 aliphatic carbocycles. The van der Waals surface area contributed by atoms with E-state index in [2.05, 4.69) is 35.5 Å². The molecule has 4 nitrogen and oxygen atoms in total. The zero-order valence-corrected chi connectivity index (χ0v) is 13.2. The number of rotatable bonds is 7. The zero-order chi connectivity index (χ0) is 13.7. The van der Waals surface area contributed by atoms with E-state index in [0.29, 0.717) is 10.7 Å². The molecule has 1 N–H and O–H groups in total. The minimum Gasteiger partial charge on any atom is -0.308 e. The number of hydrogen-bond donors (Lipinski definition) is 1. The Morgan fingerprint density at radius 2 is 2.16 bits per heavy atom. The van der Waals surface area contributed by atoms with Crippen molar-refractivity contribution < 1.29 is 0 Å². The Kier molecular flexibility index (Phi) is 5.28. The van der Waals surface area contributed by atoms with E-state index in [1.807, 2.05) is 16.4 Å². The van der Waals surface area contributed by atoms with Crippen molar-refractivity contribution in [1.29, 1.82) is 0 Å². The SMILES string of the molecule is CSC1(CNCc2ncnn2CC(C)C)CCCC1. The van der Waals surface area contributed by atoms with E-state index in [1.165, 1.54) is 25.7 Å². The first-order valence-electron chi connectivity index (χ1n) is 7.28. The third kappa shape index (κ3) is 3.96. The first-order valence-corrected chi connectivity index (χ1v) is 8.50. The molecule has 5 heteroatoms. The topological polar surface area (TPSA) is 42.7 Å². The van der Waals surface area contributed by atoms with Crippen LogP contribution in [0.15, 0.2) is 6.33 Å². The summed E-state index contributed by atoms with van der Waals surface area (Å²) >= 11 is 2.03. The largest absolute Gasteiger partial charge is 0.308 e. The minimum atomic E-state index is 0.461. The van der Waals surface area contributed by atoms with E-state index in [1.54, 1.807) is 6.33 Å². The van der Waals surface area contributed by atoms with E-state index in [0.717, 1.165) is 25.5 Å². The highest BCUT2D eigenvalue weighted by Gasteiger charge is 2.32. The highest BCUT2D eigenvalue weighted by atomic mass is 32.2. The van der Waals surface area contributed by atoms with E-state index in [4.69, 9.17) is 0 Å². The zero-order valence-electron chi connectivity index (χ0n) is 12.4. The molecule has 0 bridgehead atoms. The second-order valence-corrected chi connectivity index (χ2v) is 7.22. The van der Waals surface area contributed by atoms with Crippen molar-refractivity contribution in [3.8, 4) is 0 Å². The van der Waals surface area contributed by atoms with Crippen LogP contribution in [0.5, 0.6) is 0 Å². The van der Waals surface area contributed by atoms with Gasteiger partial charge in [0.1, 0.15) is 12.2 Å². The molecule has 1 saturated carbocycles. The van der Waals surface area contributed by atoms with Crippen LogP contribution in [0, 0.1) is 5.92 Å². The molecule has 1 aromatic heterocycles. The molecule has 0 saturated heterocycles. The van der Waals surface area contributed by atoms with Gasteiger partial charge in [0.15, 0.2) is 0 Å². The van der Waals surface area contributed by atoms with Crippen LogP contribution in [0.25, 0.3) is 0 Å². The third-order valence-electron chi connectivity index (χ3n) is 3.91. The van der Waals surface area contributed by atoms with Crippen LogP contribution in [0.1, 0.15) is 45.4 Å². The number of hydrogen-bond acceptors (Lipinski definition) is 4. The Labute approximate surface area is 120 Å². The summed E-state index contributed by atoms with van der Waals surface area (Å²) in [5, 5.41) is 7.90. The van der Waals surface area contributed by atoms with Crippen molar-refractivity contribution in [1.82, 2.24) is 20.1 Å². The van der Waals surface area contributed by atoms with Crippen molar-refractivity contribution in [2.24, 2.45) is 5.92 Å². The van der Waals surface area contributed by atoms with E-state index >= 15 is 0 Å². The second kappa shape index (κ2) is 6.75. The standard InChI is InChI=1S/C14H26N4S/c1-12(2)9-18-13(16-11-17-18)8-15-10-14(19-3)6-4-5-7-14/h11-12,15H,4-10H2,1-3H3. The van der Waals surface area contributed by atoms with Crippen molar-refractivity contribution in [3.05, 3.63) is 12.2 Å². The minimum absolute atomic E-state index is 0.461. The van der Waals surface area contributed by atoms with Gasteiger partial charge < -0.3 is 5.32 Å². The maximum atomic E-state index is 4.36. The quantitative estimate of drug-likeness (QED) is 0.835. The summed E-state index contributed by atoms with van der Waals surface area (Å²) in [7, 11) is 0. The molecule has 108 valence electrons. The lowest BCUT2D eigenvalue weighted by atomic mass is 10.1. The molecular formula is C14H26N4S. The maximum absolute atomic E-state index is 4.36. The lowest BCUT2D eigenvalue weighted by molar-refractivity contribution is 0.450. The maximum Gasteiger partial charge on any atom is 0.140 e. The van der Waals surface area contributed by atoms with E-state index in [9.17, 15) is 0 Å². The Morgan fingerprint density at radius 3 is 2.79 bits per heavy atom. The van der Waals surface area contributed by atoms with Gasteiger partial charge in [-0.15, -0.1) is 0 Å². The van der Waals surface area contributed by atoms with Crippen LogP contribution in [-0.2, 0) is 13.1 Å². The third-order valence-corrected chi connectivity index (χ3v) is 5.33. The molecule has 1 aliphatic rings. The monoisotopic (exact) mass is 282 g/mol. The number of aromatic nitrogens is 3. The summed E-state index contributed by atoms with van der Waals surface area (Å²) in [6.45, 7) is 7.28. The van der Waals surface area contributed by atoms with Crippen LogP contribution in [0.3, 0.4) is 0 Å².